The van der Waals surface area contributed by atoms with Crippen molar-refractivity contribution >= 4 is 18.0 Å². The standard InChI is InChI=1S/C17H18N2O5/c1-3-9-18-10-14(16(21)23-2)19(11-15(18)20)17(22)24-12-13-7-5-4-6-8-13/h1,4-8,14H,9-12H2,2H3. The zero-order valence-electron chi connectivity index (χ0n) is 13.3. The molecule has 7 nitrogen and oxygen atoms in total. The summed E-state index contributed by atoms with van der Waals surface area (Å²) in [6.07, 6.45) is 4.47. The summed E-state index contributed by atoms with van der Waals surface area (Å²) in [5, 5.41) is 0. The number of amides is 2. The molecule has 1 aliphatic rings. The van der Waals surface area contributed by atoms with Gasteiger partial charge in [-0.1, -0.05) is 36.3 Å². The molecule has 1 saturated heterocycles. The molecular weight excluding hydrogens is 312 g/mol. The highest BCUT2D eigenvalue weighted by Gasteiger charge is 2.40. The molecule has 0 aromatic heterocycles. The van der Waals surface area contributed by atoms with Crippen LogP contribution >= 0.6 is 0 Å². The lowest BCUT2D eigenvalue weighted by Crippen LogP contribution is -2.60. The Balaban J connectivity index is 2.07. The van der Waals surface area contributed by atoms with Crippen molar-refractivity contribution in [3.8, 4) is 12.3 Å². The van der Waals surface area contributed by atoms with Gasteiger partial charge in [-0.15, -0.1) is 6.42 Å². The molecule has 1 aromatic carbocycles. The molecule has 126 valence electrons. The maximum Gasteiger partial charge on any atom is 0.411 e. The second-order valence-electron chi connectivity index (χ2n) is 5.19. The van der Waals surface area contributed by atoms with Gasteiger partial charge in [0.15, 0.2) is 6.04 Å². The SMILES string of the molecule is C#CCN1CC(C(=O)OC)N(C(=O)OCc2ccccc2)CC1=O. The van der Waals surface area contributed by atoms with Gasteiger partial charge in [-0.3, -0.25) is 9.69 Å². The minimum Gasteiger partial charge on any atom is -0.467 e. The van der Waals surface area contributed by atoms with Gasteiger partial charge in [0.25, 0.3) is 0 Å². The number of benzene rings is 1. The second kappa shape index (κ2) is 8.02. The van der Waals surface area contributed by atoms with Crippen LogP contribution in [0.5, 0.6) is 0 Å². The number of rotatable bonds is 4. The zero-order chi connectivity index (χ0) is 17.5. The van der Waals surface area contributed by atoms with E-state index in [1.165, 1.54) is 12.0 Å². The lowest BCUT2D eigenvalue weighted by atomic mass is 10.1. The van der Waals surface area contributed by atoms with Crippen LogP contribution < -0.4 is 0 Å². The van der Waals surface area contributed by atoms with Gasteiger partial charge in [0.1, 0.15) is 13.2 Å². The third kappa shape index (κ3) is 4.04. The molecular formula is C17H18N2O5. The highest BCUT2D eigenvalue weighted by molar-refractivity contribution is 5.89. The molecule has 1 aromatic rings. The van der Waals surface area contributed by atoms with E-state index in [1.54, 1.807) is 12.1 Å². The van der Waals surface area contributed by atoms with E-state index in [0.29, 0.717) is 0 Å². The first-order chi connectivity index (χ1) is 11.6. The summed E-state index contributed by atoms with van der Waals surface area (Å²) < 4.78 is 9.92. The molecule has 0 saturated carbocycles. The van der Waals surface area contributed by atoms with E-state index in [9.17, 15) is 14.4 Å². The van der Waals surface area contributed by atoms with Gasteiger partial charge in [-0.25, -0.2) is 9.59 Å². The van der Waals surface area contributed by atoms with Crippen molar-refractivity contribution in [2.24, 2.45) is 0 Å². The first-order valence-electron chi connectivity index (χ1n) is 7.33. The molecule has 0 N–H and O–H groups in total. The van der Waals surface area contributed by atoms with E-state index in [4.69, 9.17) is 15.9 Å². The minimum absolute atomic E-state index is 0.0177. The van der Waals surface area contributed by atoms with E-state index in [1.807, 2.05) is 18.2 Å². The number of terminal acetylenes is 1. The maximum absolute atomic E-state index is 12.3. The predicted molar refractivity (Wildman–Crippen MR) is 84.6 cm³/mol. The van der Waals surface area contributed by atoms with Gasteiger partial charge >= 0.3 is 12.1 Å². The maximum atomic E-state index is 12.3. The second-order valence-corrected chi connectivity index (χ2v) is 5.19. The first-order valence-corrected chi connectivity index (χ1v) is 7.33. The van der Waals surface area contributed by atoms with Crippen molar-refractivity contribution in [1.29, 1.82) is 0 Å². The molecule has 1 fully saturated rings. The van der Waals surface area contributed by atoms with E-state index < -0.39 is 18.1 Å². The molecule has 2 rings (SSSR count). The Bertz CT molecular complexity index is 653. The van der Waals surface area contributed by atoms with E-state index >= 15 is 0 Å². The predicted octanol–water partition coefficient (Wildman–Crippen LogP) is 0.642. The Hall–Kier alpha value is -3.01. The van der Waals surface area contributed by atoms with Crippen LogP contribution in [0.1, 0.15) is 5.56 Å². The number of carbonyl (C=O) groups is 3. The number of hydrogen-bond donors (Lipinski definition) is 0. The van der Waals surface area contributed by atoms with Crippen molar-refractivity contribution in [3.63, 3.8) is 0 Å². The van der Waals surface area contributed by atoms with Crippen molar-refractivity contribution in [2.45, 2.75) is 12.6 Å². The lowest BCUT2D eigenvalue weighted by Gasteiger charge is -2.37. The Kier molecular flexibility index (Phi) is 5.79. The molecule has 24 heavy (non-hydrogen) atoms. The number of esters is 1. The van der Waals surface area contributed by atoms with Gasteiger partial charge in [-0.2, -0.15) is 0 Å². The summed E-state index contributed by atoms with van der Waals surface area (Å²) >= 11 is 0. The topological polar surface area (TPSA) is 76.2 Å². The summed E-state index contributed by atoms with van der Waals surface area (Å²) in [6.45, 7) is -0.184. The summed E-state index contributed by atoms with van der Waals surface area (Å²) in [7, 11) is 1.22. The molecule has 0 aliphatic carbocycles. The average Bonchev–Trinajstić information content (AvgIpc) is 2.61. The van der Waals surface area contributed by atoms with Gasteiger partial charge in [-0.05, 0) is 5.56 Å². The van der Waals surface area contributed by atoms with Crippen LogP contribution in [0.25, 0.3) is 0 Å². The van der Waals surface area contributed by atoms with Crippen LogP contribution in [0.15, 0.2) is 30.3 Å². The van der Waals surface area contributed by atoms with Gasteiger partial charge in [0, 0.05) is 0 Å². The van der Waals surface area contributed by atoms with Crippen LogP contribution in [0.4, 0.5) is 4.79 Å². The molecule has 0 spiro atoms. The fraction of sp³-hybridized carbons (Fsp3) is 0.353. The highest BCUT2D eigenvalue weighted by Crippen LogP contribution is 2.15. The molecule has 0 radical (unpaired) electrons. The van der Waals surface area contributed by atoms with E-state index in [0.717, 1.165) is 10.5 Å². The summed E-state index contributed by atoms with van der Waals surface area (Å²) in [5.41, 5.74) is 0.803. The normalized spacial score (nSPS) is 17.2. The van der Waals surface area contributed by atoms with Gasteiger partial charge in [0.2, 0.25) is 5.91 Å². The van der Waals surface area contributed by atoms with Crippen LogP contribution in [-0.4, -0.2) is 60.6 Å². The largest absolute Gasteiger partial charge is 0.467 e. The van der Waals surface area contributed by atoms with Crippen LogP contribution in [-0.2, 0) is 25.7 Å². The molecule has 1 atom stereocenters. The van der Waals surface area contributed by atoms with E-state index in [2.05, 4.69) is 5.92 Å². The third-order valence-electron chi connectivity index (χ3n) is 3.62. The smallest absolute Gasteiger partial charge is 0.411 e. The van der Waals surface area contributed by atoms with Crippen molar-refractivity contribution in [3.05, 3.63) is 35.9 Å². The Labute approximate surface area is 140 Å². The molecule has 1 aliphatic heterocycles. The molecule has 2 amide bonds. The number of ether oxygens (including phenoxy) is 2. The fourth-order valence-electron chi connectivity index (χ4n) is 2.36. The summed E-state index contributed by atoms with van der Waals surface area (Å²) in [4.78, 5) is 38.7. The fourth-order valence-corrected chi connectivity index (χ4v) is 2.36. The minimum atomic E-state index is -0.940. The first kappa shape index (κ1) is 17.3. The van der Waals surface area contributed by atoms with Crippen LogP contribution in [0.2, 0.25) is 0 Å². The van der Waals surface area contributed by atoms with Gasteiger partial charge < -0.3 is 14.4 Å². The number of nitrogens with zero attached hydrogens (tertiary/aromatic N) is 2. The quantitative estimate of drug-likeness (QED) is 0.598. The Morgan fingerprint density at radius 2 is 2.04 bits per heavy atom. The monoisotopic (exact) mass is 330 g/mol. The van der Waals surface area contributed by atoms with Crippen molar-refractivity contribution < 1.29 is 23.9 Å². The molecule has 1 heterocycles. The van der Waals surface area contributed by atoms with Crippen LogP contribution in [0, 0.1) is 12.3 Å². The molecule has 7 heteroatoms. The van der Waals surface area contributed by atoms with Gasteiger partial charge in [0.05, 0.1) is 20.2 Å². The zero-order valence-corrected chi connectivity index (χ0v) is 13.3. The van der Waals surface area contributed by atoms with Crippen LogP contribution in [0.3, 0.4) is 0 Å². The number of methoxy groups -OCH3 is 1. The number of hydrogen-bond acceptors (Lipinski definition) is 5. The molecule has 1 unspecified atom stereocenters. The summed E-state index contributed by atoms with van der Waals surface area (Å²) in [5.74, 6) is 1.39. The Morgan fingerprint density at radius 1 is 1.33 bits per heavy atom. The summed E-state index contributed by atoms with van der Waals surface area (Å²) in [6, 6.07) is 8.17. The highest BCUT2D eigenvalue weighted by atomic mass is 16.6. The third-order valence-corrected chi connectivity index (χ3v) is 3.62. The van der Waals surface area contributed by atoms with Crippen molar-refractivity contribution in [2.75, 3.05) is 26.7 Å². The average molecular weight is 330 g/mol. The van der Waals surface area contributed by atoms with E-state index in [-0.39, 0.29) is 32.1 Å². The molecule has 0 bridgehead atoms. The number of piperazine rings is 1. The van der Waals surface area contributed by atoms with Crippen molar-refractivity contribution in [1.82, 2.24) is 9.80 Å². The Morgan fingerprint density at radius 3 is 2.67 bits per heavy atom. The lowest BCUT2D eigenvalue weighted by molar-refractivity contribution is -0.153. The number of carbonyl (C=O) groups excluding carboxylic acids is 3.